The smallest absolute Gasteiger partial charge is 0.123 e. The number of likely N-dealkylation sites (tertiary alicyclic amines) is 1. The molecule has 2 unspecified atom stereocenters. The van der Waals surface area contributed by atoms with Gasteiger partial charge < -0.3 is 0 Å². The standard InChI is InChI=1S/C17H18FNS/c18-15-8-6-13(7-9-15)10-19-11-16(17(20)12-19)14-4-2-1-3-5-14/h1-9,16-17,20H,10-12H2. The van der Waals surface area contributed by atoms with Gasteiger partial charge in [0.15, 0.2) is 0 Å². The second kappa shape index (κ2) is 5.98. The number of rotatable bonds is 3. The van der Waals surface area contributed by atoms with E-state index < -0.39 is 0 Å². The van der Waals surface area contributed by atoms with E-state index in [1.54, 1.807) is 0 Å². The summed E-state index contributed by atoms with van der Waals surface area (Å²) in [5, 5.41) is 0.359. The molecule has 3 heteroatoms. The van der Waals surface area contributed by atoms with E-state index in [1.807, 2.05) is 18.2 Å². The first kappa shape index (κ1) is 13.7. The average molecular weight is 287 g/mol. The number of hydrogen-bond acceptors (Lipinski definition) is 2. The minimum absolute atomic E-state index is 0.176. The van der Waals surface area contributed by atoms with Crippen LogP contribution in [-0.2, 0) is 6.54 Å². The first-order valence-corrected chi connectivity index (χ1v) is 7.44. The van der Waals surface area contributed by atoms with Crippen LogP contribution in [0.25, 0.3) is 0 Å². The van der Waals surface area contributed by atoms with Crippen molar-refractivity contribution < 1.29 is 4.39 Å². The molecule has 104 valence electrons. The molecule has 2 aromatic carbocycles. The van der Waals surface area contributed by atoms with Gasteiger partial charge in [-0.25, -0.2) is 4.39 Å². The normalized spacial score (nSPS) is 23.1. The Labute approximate surface area is 124 Å². The van der Waals surface area contributed by atoms with Crippen molar-refractivity contribution in [2.75, 3.05) is 13.1 Å². The van der Waals surface area contributed by atoms with E-state index in [2.05, 4.69) is 29.2 Å². The second-order valence-electron chi connectivity index (χ2n) is 5.41. The predicted molar refractivity (Wildman–Crippen MR) is 83.6 cm³/mol. The minimum atomic E-state index is -0.176. The molecule has 20 heavy (non-hydrogen) atoms. The third-order valence-corrected chi connectivity index (χ3v) is 4.43. The van der Waals surface area contributed by atoms with Crippen LogP contribution in [0.3, 0.4) is 0 Å². The van der Waals surface area contributed by atoms with Crippen LogP contribution in [0, 0.1) is 5.82 Å². The summed E-state index contributed by atoms with van der Waals surface area (Å²) in [6.07, 6.45) is 0. The Morgan fingerprint density at radius 3 is 2.40 bits per heavy atom. The lowest BCUT2D eigenvalue weighted by atomic mass is 9.98. The first-order valence-electron chi connectivity index (χ1n) is 6.92. The lowest BCUT2D eigenvalue weighted by Gasteiger charge is -2.16. The lowest BCUT2D eigenvalue weighted by Crippen LogP contribution is -2.20. The molecule has 3 rings (SSSR count). The van der Waals surface area contributed by atoms with Crippen LogP contribution in [0.1, 0.15) is 17.0 Å². The molecule has 2 atom stereocenters. The van der Waals surface area contributed by atoms with Crippen LogP contribution in [0.5, 0.6) is 0 Å². The maximum atomic E-state index is 12.9. The topological polar surface area (TPSA) is 3.24 Å². The average Bonchev–Trinajstić information content (AvgIpc) is 2.83. The highest BCUT2D eigenvalue weighted by Crippen LogP contribution is 2.31. The lowest BCUT2D eigenvalue weighted by molar-refractivity contribution is 0.327. The van der Waals surface area contributed by atoms with Gasteiger partial charge in [0.25, 0.3) is 0 Å². The molecule has 0 amide bonds. The van der Waals surface area contributed by atoms with Crippen molar-refractivity contribution in [3.63, 3.8) is 0 Å². The molecule has 2 aromatic rings. The van der Waals surface area contributed by atoms with Crippen molar-refractivity contribution in [1.29, 1.82) is 0 Å². The van der Waals surface area contributed by atoms with Crippen LogP contribution in [0.15, 0.2) is 54.6 Å². The number of benzene rings is 2. The van der Waals surface area contributed by atoms with Gasteiger partial charge in [-0.3, -0.25) is 4.90 Å². The largest absolute Gasteiger partial charge is 0.297 e. The fourth-order valence-corrected chi connectivity index (χ4v) is 3.37. The maximum Gasteiger partial charge on any atom is 0.123 e. The van der Waals surface area contributed by atoms with Gasteiger partial charge in [0.2, 0.25) is 0 Å². The molecule has 0 aromatic heterocycles. The van der Waals surface area contributed by atoms with Crippen molar-refractivity contribution in [3.05, 3.63) is 71.5 Å². The first-order chi connectivity index (χ1) is 9.72. The Bertz CT molecular complexity index is 555. The summed E-state index contributed by atoms with van der Waals surface area (Å²) in [7, 11) is 0. The highest BCUT2D eigenvalue weighted by molar-refractivity contribution is 7.81. The number of nitrogens with zero attached hydrogens (tertiary/aromatic N) is 1. The monoisotopic (exact) mass is 287 g/mol. The van der Waals surface area contributed by atoms with Crippen molar-refractivity contribution >= 4 is 12.6 Å². The van der Waals surface area contributed by atoms with E-state index in [-0.39, 0.29) is 5.82 Å². The third-order valence-electron chi connectivity index (χ3n) is 3.91. The summed E-state index contributed by atoms with van der Waals surface area (Å²) in [6.45, 7) is 2.84. The Balaban J connectivity index is 1.68. The van der Waals surface area contributed by atoms with Crippen LogP contribution in [0.4, 0.5) is 4.39 Å². The fraction of sp³-hybridized carbons (Fsp3) is 0.294. The van der Waals surface area contributed by atoms with Gasteiger partial charge in [0.1, 0.15) is 5.82 Å². The molecule has 0 N–H and O–H groups in total. The molecule has 1 aliphatic rings. The van der Waals surface area contributed by atoms with Gasteiger partial charge in [0.05, 0.1) is 0 Å². The number of thiol groups is 1. The Morgan fingerprint density at radius 2 is 1.70 bits per heavy atom. The summed E-state index contributed by atoms with van der Waals surface area (Å²) in [5.41, 5.74) is 2.51. The maximum absolute atomic E-state index is 12.9. The van der Waals surface area contributed by atoms with E-state index in [0.29, 0.717) is 11.2 Å². The van der Waals surface area contributed by atoms with E-state index in [4.69, 9.17) is 12.6 Å². The molecular formula is C17H18FNS. The van der Waals surface area contributed by atoms with Gasteiger partial charge in [-0.1, -0.05) is 42.5 Å². The third kappa shape index (κ3) is 3.05. The van der Waals surface area contributed by atoms with Crippen molar-refractivity contribution in [1.82, 2.24) is 4.90 Å². The summed E-state index contributed by atoms with van der Waals surface area (Å²) in [6, 6.07) is 17.3. The summed E-state index contributed by atoms with van der Waals surface area (Å²) in [4.78, 5) is 2.39. The number of halogens is 1. The van der Waals surface area contributed by atoms with Crippen molar-refractivity contribution in [2.24, 2.45) is 0 Å². The van der Waals surface area contributed by atoms with E-state index in [1.165, 1.54) is 17.7 Å². The molecule has 1 heterocycles. The predicted octanol–water partition coefficient (Wildman–Crippen LogP) is 3.72. The zero-order valence-electron chi connectivity index (χ0n) is 11.2. The highest BCUT2D eigenvalue weighted by Gasteiger charge is 2.31. The zero-order valence-corrected chi connectivity index (χ0v) is 12.1. The summed E-state index contributed by atoms with van der Waals surface area (Å²) >= 11 is 4.74. The van der Waals surface area contributed by atoms with E-state index in [9.17, 15) is 4.39 Å². The van der Waals surface area contributed by atoms with Crippen LogP contribution >= 0.6 is 12.6 Å². The molecule has 1 saturated heterocycles. The molecule has 0 spiro atoms. The second-order valence-corrected chi connectivity index (χ2v) is 6.07. The zero-order chi connectivity index (χ0) is 13.9. The molecule has 0 radical (unpaired) electrons. The van der Waals surface area contributed by atoms with Gasteiger partial charge in [-0.15, -0.1) is 0 Å². The van der Waals surface area contributed by atoms with E-state index >= 15 is 0 Å². The Hall–Kier alpha value is -1.32. The Morgan fingerprint density at radius 1 is 1.00 bits per heavy atom. The van der Waals surface area contributed by atoms with Gasteiger partial charge in [0, 0.05) is 30.8 Å². The fourth-order valence-electron chi connectivity index (χ4n) is 2.87. The molecule has 1 fully saturated rings. The van der Waals surface area contributed by atoms with Crippen LogP contribution < -0.4 is 0 Å². The summed E-state index contributed by atoms with van der Waals surface area (Å²) < 4.78 is 12.9. The van der Waals surface area contributed by atoms with Gasteiger partial charge in [-0.05, 0) is 23.3 Å². The van der Waals surface area contributed by atoms with Crippen LogP contribution in [-0.4, -0.2) is 23.2 Å². The van der Waals surface area contributed by atoms with Crippen molar-refractivity contribution in [3.8, 4) is 0 Å². The summed E-state index contributed by atoms with van der Waals surface area (Å²) in [5.74, 6) is 0.296. The van der Waals surface area contributed by atoms with Crippen LogP contribution in [0.2, 0.25) is 0 Å². The molecule has 0 bridgehead atoms. The molecule has 1 nitrogen and oxygen atoms in total. The van der Waals surface area contributed by atoms with E-state index in [0.717, 1.165) is 25.2 Å². The van der Waals surface area contributed by atoms with Crippen molar-refractivity contribution in [2.45, 2.75) is 17.7 Å². The minimum Gasteiger partial charge on any atom is -0.297 e. The van der Waals surface area contributed by atoms with Gasteiger partial charge >= 0.3 is 0 Å². The molecule has 1 aliphatic heterocycles. The highest BCUT2D eigenvalue weighted by atomic mass is 32.1. The quantitative estimate of drug-likeness (QED) is 0.842. The Kier molecular flexibility index (Phi) is 4.08. The molecular weight excluding hydrogens is 269 g/mol. The molecule has 0 aliphatic carbocycles. The van der Waals surface area contributed by atoms with Gasteiger partial charge in [-0.2, -0.15) is 12.6 Å². The number of hydrogen-bond donors (Lipinski definition) is 1. The molecule has 0 saturated carbocycles. The SMILES string of the molecule is Fc1ccc(CN2CC(S)C(c3ccccc3)C2)cc1.